The molecule has 5 nitrogen and oxygen atoms in total. The molecule has 0 unspecified atom stereocenters. The summed E-state index contributed by atoms with van der Waals surface area (Å²) < 4.78 is 23.3. The molecule has 142 valence electrons. The number of fused-ring (bicyclic) bond motifs is 4. The summed E-state index contributed by atoms with van der Waals surface area (Å²) in [6, 6.07) is 10.1. The first-order chi connectivity index (χ1) is 13.6. The molecular formula is C20H15ClFN3O2S. The van der Waals surface area contributed by atoms with Gasteiger partial charge in [-0.1, -0.05) is 29.4 Å². The molecule has 1 aliphatic heterocycles. The maximum absolute atomic E-state index is 14.5. The Labute approximate surface area is 168 Å². The molecule has 0 saturated heterocycles. The topological polar surface area (TPSA) is 49.1 Å². The van der Waals surface area contributed by atoms with Gasteiger partial charge >= 0.3 is 0 Å². The van der Waals surface area contributed by atoms with E-state index in [1.807, 2.05) is 18.2 Å². The maximum atomic E-state index is 14.5. The van der Waals surface area contributed by atoms with Crippen molar-refractivity contribution in [1.82, 2.24) is 14.1 Å². The molecule has 3 heterocycles. The van der Waals surface area contributed by atoms with Gasteiger partial charge in [0.2, 0.25) is 0 Å². The summed E-state index contributed by atoms with van der Waals surface area (Å²) >= 11 is 7.82. The molecule has 2 aromatic carbocycles. The van der Waals surface area contributed by atoms with Crippen LogP contribution in [-0.4, -0.2) is 27.0 Å². The zero-order valence-electron chi connectivity index (χ0n) is 14.9. The SMILES string of the molecule is COc1ccc2c(c1)c1nc3n(c(=O)c1n2Cc1c(F)cccc1Cl)CCS3. The molecule has 0 radical (unpaired) electrons. The van der Waals surface area contributed by atoms with Gasteiger partial charge in [0.1, 0.15) is 22.6 Å². The van der Waals surface area contributed by atoms with Gasteiger partial charge in [-0.05, 0) is 30.3 Å². The van der Waals surface area contributed by atoms with Crippen LogP contribution in [0, 0.1) is 5.82 Å². The summed E-state index contributed by atoms with van der Waals surface area (Å²) in [7, 11) is 1.59. The van der Waals surface area contributed by atoms with Crippen molar-refractivity contribution in [3.63, 3.8) is 0 Å². The summed E-state index contributed by atoms with van der Waals surface area (Å²) in [5.74, 6) is 1.08. The van der Waals surface area contributed by atoms with Crippen LogP contribution in [0.2, 0.25) is 5.02 Å². The number of hydrogen-bond acceptors (Lipinski definition) is 4. The molecule has 0 saturated carbocycles. The highest BCUT2D eigenvalue weighted by molar-refractivity contribution is 7.99. The van der Waals surface area contributed by atoms with Gasteiger partial charge in [-0.15, -0.1) is 0 Å². The summed E-state index contributed by atoms with van der Waals surface area (Å²) in [6.45, 7) is 0.758. The van der Waals surface area contributed by atoms with Crippen LogP contribution in [0.4, 0.5) is 4.39 Å². The van der Waals surface area contributed by atoms with Crippen molar-refractivity contribution >= 4 is 45.3 Å². The number of thioether (sulfide) groups is 1. The smallest absolute Gasteiger partial charge is 0.278 e. The van der Waals surface area contributed by atoms with Crippen LogP contribution in [-0.2, 0) is 13.1 Å². The van der Waals surface area contributed by atoms with Gasteiger partial charge < -0.3 is 9.30 Å². The van der Waals surface area contributed by atoms with Gasteiger partial charge in [0, 0.05) is 28.3 Å². The van der Waals surface area contributed by atoms with Crippen molar-refractivity contribution in [3.8, 4) is 5.75 Å². The van der Waals surface area contributed by atoms with E-state index >= 15 is 0 Å². The number of hydrogen-bond donors (Lipinski definition) is 0. The largest absolute Gasteiger partial charge is 0.497 e. The lowest BCUT2D eigenvalue weighted by atomic mass is 10.2. The van der Waals surface area contributed by atoms with Gasteiger partial charge in [0.25, 0.3) is 5.56 Å². The molecule has 4 aromatic rings. The summed E-state index contributed by atoms with van der Waals surface area (Å²) in [6.07, 6.45) is 0. The van der Waals surface area contributed by atoms with Crippen molar-refractivity contribution < 1.29 is 9.13 Å². The molecule has 0 N–H and O–H groups in total. The lowest BCUT2D eigenvalue weighted by molar-refractivity contribution is 0.415. The Balaban J connectivity index is 1.87. The number of aromatic nitrogens is 3. The number of methoxy groups -OCH3 is 1. The Bertz CT molecular complexity index is 1290. The molecule has 0 aliphatic carbocycles. The zero-order chi connectivity index (χ0) is 19.4. The monoisotopic (exact) mass is 415 g/mol. The second kappa shape index (κ2) is 6.53. The van der Waals surface area contributed by atoms with Crippen molar-refractivity contribution in [2.45, 2.75) is 18.2 Å². The van der Waals surface area contributed by atoms with Crippen LogP contribution in [0.1, 0.15) is 5.56 Å². The summed E-state index contributed by atoms with van der Waals surface area (Å²) in [5, 5.41) is 1.84. The molecule has 28 heavy (non-hydrogen) atoms. The number of nitrogens with zero attached hydrogens (tertiary/aromatic N) is 3. The molecule has 0 atom stereocenters. The number of halogens is 2. The Morgan fingerprint density at radius 3 is 2.96 bits per heavy atom. The van der Waals surface area contributed by atoms with E-state index in [0.29, 0.717) is 39.1 Å². The second-order valence-electron chi connectivity index (χ2n) is 6.57. The third-order valence-electron chi connectivity index (χ3n) is 5.05. The van der Waals surface area contributed by atoms with Crippen LogP contribution in [0.25, 0.3) is 21.9 Å². The van der Waals surface area contributed by atoms with Crippen LogP contribution in [0.15, 0.2) is 46.3 Å². The first-order valence-electron chi connectivity index (χ1n) is 8.75. The fraction of sp³-hybridized carbons (Fsp3) is 0.200. The molecule has 5 rings (SSSR count). The van der Waals surface area contributed by atoms with E-state index in [9.17, 15) is 9.18 Å². The Morgan fingerprint density at radius 2 is 2.18 bits per heavy atom. The molecule has 0 fully saturated rings. The molecule has 2 aromatic heterocycles. The first-order valence-corrected chi connectivity index (χ1v) is 10.1. The Kier molecular flexibility index (Phi) is 4.10. The third-order valence-corrected chi connectivity index (χ3v) is 6.36. The Hall–Kier alpha value is -2.51. The average molecular weight is 416 g/mol. The summed E-state index contributed by atoms with van der Waals surface area (Å²) in [5.41, 5.74) is 2.07. The van der Waals surface area contributed by atoms with Gasteiger partial charge in [-0.25, -0.2) is 9.37 Å². The Morgan fingerprint density at radius 1 is 1.32 bits per heavy atom. The normalized spacial score (nSPS) is 13.4. The molecule has 0 spiro atoms. The van der Waals surface area contributed by atoms with Crippen molar-refractivity contribution in [2.75, 3.05) is 12.9 Å². The number of ether oxygens (including phenoxy) is 1. The standard InChI is InChI=1S/C20H15ClFN3O2S/c1-27-11-5-6-16-12(9-11)17-18(19(26)24-7-8-28-20(24)23-17)25(16)10-13-14(21)3-2-4-15(13)22/h2-6,9H,7-8,10H2,1H3. The van der Waals surface area contributed by atoms with Gasteiger partial charge in [-0.3, -0.25) is 9.36 Å². The van der Waals surface area contributed by atoms with E-state index < -0.39 is 5.82 Å². The highest BCUT2D eigenvalue weighted by atomic mass is 35.5. The van der Waals surface area contributed by atoms with E-state index in [0.717, 1.165) is 16.7 Å². The molecular weight excluding hydrogens is 401 g/mol. The lowest BCUT2D eigenvalue weighted by Gasteiger charge is -2.11. The van der Waals surface area contributed by atoms with E-state index in [2.05, 4.69) is 0 Å². The minimum Gasteiger partial charge on any atom is -0.497 e. The minimum absolute atomic E-state index is 0.118. The van der Waals surface area contributed by atoms with Gasteiger partial charge in [0.15, 0.2) is 5.16 Å². The molecule has 0 bridgehead atoms. The zero-order valence-corrected chi connectivity index (χ0v) is 16.5. The maximum Gasteiger partial charge on any atom is 0.278 e. The van der Waals surface area contributed by atoms with E-state index in [4.69, 9.17) is 21.3 Å². The van der Waals surface area contributed by atoms with Crippen LogP contribution in [0.5, 0.6) is 5.75 Å². The van der Waals surface area contributed by atoms with Crippen LogP contribution < -0.4 is 10.3 Å². The van der Waals surface area contributed by atoms with Gasteiger partial charge in [0.05, 0.1) is 19.2 Å². The lowest BCUT2D eigenvalue weighted by Crippen LogP contribution is -2.22. The molecule has 0 amide bonds. The van der Waals surface area contributed by atoms with Crippen molar-refractivity contribution in [1.29, 1.82) is 0 Å². The number of rotatable bonds is 3. The average Bonchev–Trinajstić information content (AvgIpc) is 3.28. The third kappa shape index (κ3) is 2.53. The quantitative estimate of drug-likeness (QED) is 0.468. The fourth-order valence-electron chi connectivity index (χ4n) is 3.68. The molecule has 1 aliphatic rings. The van der Waals surface area contributed by atoms with Crippen LogP contribution >= 0.6 is 23.4 Å². The number of benzene rings is 2. The van der Waals surface area contributed by atoms with Crippen LogP contribution in [0.3, 0.4) is 0 Å². The summed E-state index contributed by atoms with van der Waals surface area (Å²) in [4.78, 5) is 18.0. The highest BCUT2D eigenvalue weighted by Gasteiger charge is 2.23. The van der Waals surface area contributed by atoms with E-state index in [-0.39, 0.29) is 12.1 Å². The van der Waals surface area contributed by atoms with Gasteiger partial charge in [-0.2, -0.15) is 0 Å². The minimum atomic E-state index is -0.402. The predicted molar refractivity (Wildman–Crippen MR) is 109 cm³/mol. The van der Waals surface area contributed by atoms with Crippen molar-refractivity contribution in [2.24, 2.45) is 0 Å². The fourth-order valence-corrected chi connectivity index (χ4v) is 4.85. The van der Waals surface area contributed by atoms with E-state index in [1.165, 1.54) is 6.07 Å². The highest BCUT2D eigenvalue weighted by Crippen LogP contribution is 2.33. The van der Waals surface area contributed by atoms with Crippen molar-refractivity contribution in [3.05, 3.63) is 63.2 Å². The van der Waals surface area contributed by atoms with E-state index in [1.54, 1.807) is 40.1 Å². The first kappa shape index (κ1) is 17.6. The molecule has 8 heteroatoms. The predicted octanol–water partition coefficient (Wildman–Crippen LogP) is 4.31. The second-order valence-corrected chi connectivity index (χ2v) is 8.04.